The second-order valence-electron chi connectivity index (χ2n) is 9.26. The first kappa shape index (κ1) is 25.0. The molecule has 0 spiro atoms. The molecule has 0 bridgehead atoms. The third kappa shape index (κ3) is 6.19. The van der Waals surface area contributed by atoms with E-state index < -0.39 is 10.3 Å². The summed E-state index contributed by atoms with van der Waals surface area (Å²) < 4.78 is 28.6. The highest BCUT2D eigenvalue weighted by molar-refractivity contribution is 7.84. The number of anilines is 1. The van der Waals surface area contributed by atoms with Gasteiger partial charge in [0.05, 0.1) is 12.2 Å². The van der Waals surface area contributed by atoms with Crippen LogP contribution in [0.4, 0.5) is 5.82 Å². The second kappa shape index (κ2) is 10.8. The molecule has 0 amide bonds. The molecule has 11 heteroatoms. The minimum atomic E-state index is -3.96. The van der Waals surface area contributed by atoms with E-state index in [1.54, 1.807) is 10.7 Å². The van der Waals surface area contributed by atoms with Crippen LogP contribution in [-0.4, -0.2) is 46.6 Å². The molecule has 4 aromatic rings. The average Bonchev–Trinajstić information content (AvgIpc) is 3.55. The van der Waals surface area contributed by atoms with E-state index in [0.717, 1.165) is 19.3 Å². The number of carbonyl (C=O) groups excluding carboxylic acids is 1. The molecule has 3 N–H and O–H groups in total. The summed E-state index contributed by atoms with van der Waals surface area (Å²) in [6.07, 6.45) is 7.72. The second-order valence-corrected chi connectivity index (χ2v) is 10.5. The van der Waals surface area contributed by atoms with Gasteiger partial charge in [0.15, 0.2) is 0 Å². The van der Waals surface area contributed by atoms with Crippen LogP contribution in [0.3, 0.4) is 0 Å². The normalized spacial score (nSPS) is 17.8. The maximum absolute atomic E-state index is 13.3. The Bertz CT molecular complexity index is 1520. The summed E-state index contributed by atoms with van der Waals surface area (Å²) in [5.41, 5.74) is 1.89. The Morgan fingerprint density at radius 1 is 1.14 bits per heavy atom. The molecule has 192 valence electrons. The van der Waals surface area contributed by atoms with Crippen molar-refractivity contribution in [3.8, 4) is 0 Å². The van der Waals surface area contributed by atoms with Crippen molar-refractivity contribution in [3.63, 3.8) is 0 Å². The lowest BCUT2D eigenvalue weighted by molar-refractivity contribution is 0.103. The highest BCUT2D eigenvalue weighted by Crippen LogP contribution is 2.29. The lowest BCUT2D eigenvalue weighted by atomic mass is 10.0. The van der Waals surface area contributed by atoms with Crippen LogP contribution >= 0.6 is 0 Å². The number of ketones is 1. The number of benzene rings is 2. The number of rotatable bonds is 10. The molecule has 10 nitrogen and oxygen atoms in total. The Hall–Kier alpha value is -3.67. The Morgan fingerprint density at radius 3 is 2.84 bits per heavy atom. The van der Waals surface area contributed by atoms with Gasteiger partial charge in [0.25, 0.3) is 0 Å². The zero-order chi connectivity index (χ0) is 25.8. The van der Waals surface area contributed by atoms with Crippen molar-refractivity contribution < 1.29 is 17.4 Å². The van der Waals surface area contributed by atoms with Crippen molar-refractivity contribution in [1.82, 2.24) is 19.7 Å². The molecule has 2 aromatic carbocycles. The van der Waals surface area contributed by atoms with Gasteiger partial charge in [0.2, 0.25) is 5.78 Å². The number of nitrogens with zero attached hydrogens (tertiary/aromatic N) is 4. The van der Waals surface area contributed by atoms with Gasteiger partial charge in [-0.1, -0.05) is 42.5 Å². The van der Waals surface area contributed by atoms with E-state index in [1.807, 2.05) is 18.3 Å². The molecular weight excluding hydrogens is 492 g/mol. The van der Waals surface area contributed by atoms with Crippen LogP contribution in [-0.2, 0) is 27.5 Å². The van der Waals surface area contributed by atoms with E-state index in [9.17, 15) is 13.2 Å². The Labute approximate surface area is 215 Å². The van der Waals surface area contributed by atoms with Crippen LogP contribution in [0.15, 0.2) is 67.3 Å². The molecule has 1 aliphatic rings. The van der Waals surface area contributed by atoms with Gasteiger partial charge in [-0.05, 0) is 54.0 Å². The predicted molar refractivity (Wildman–Crippen MR) is 139 cm³/mol. The molecule has 1 saturated carbocycles. The van der Waals surface area contributed by atoms with Crippen LogP contribution in [0.1, 0.15) is 40.9 Å². The molecule has 0 aliphatic heterocycles. The third-order valence-electron chi connectivity index (χ3n) is 6.67. The van der Waals surface area contributed by atoms with Gasteiger partial charge in [-0.25, -0.2) is 15.1 Å². The number of carbonyl (C=O) groups is 1. The van der Waals surface area contributed by atoms with Crippen LogP contribution in [0.25, 0.3) is 10.8 Å². The van der Waals surface area contributed by atoms with Gasteiger partial charge < -0.3 is 5.32 Å². The Balaban J connectivity index is 1.23. The highest BCUT2D eigenvalue weighted by Gasteiger charge is 2.28. The first-order valence-electron chi connectivity index (χ1n) is 12.1. The lowest BCUT2D eigenvalue weighted by Crippen LogP contribution is -2.22. The number of nitrogens with one attached hydrogen (secondary N) is 1. The summed E-state index contributed by atoms with van der Waals surface area (Å²) in [5, 5.41) is 15.2. The van der Waals surface area contributed by atoms with Gasteiger partial charge in [-0.15, -0.1) is 0 Å². The van der Waals surface area contributed by atoms with E-state index >= 15 is 0 Å². The third-order valence-corrected chi connectivity index (χ3v) is 7.14. The van der Waals surface area contributed by atoms with E-state index in [2.05, 4.69) is 50.7 Å². The monoisotopic (exact) mass is 520 g/mol. The largest absolute Gasteiger partial charge is 0.367 e. The van der Waals surface area contributed by atoms with Crippen molar-refractivity contribution in [3.05, 3.63) is 84.1 Å². The van der Waals surface area contributed by atoms with Crippen LogP contribution in [0, 0.1) is 5.92 Å². The summed E-state index contributed by atoms with van der Waals surface area (Å²) in [4.78, 5) is 21.6. The van der Waals surface area contributed by atoms with Gasteiger partial charge in [-0.3, -0.25) is 13.7 Å². The molecule has 2 atom stereocenters. The fourth-order valence-electron chi connectivity index (χ4n) is 4.84. The molecule has 2 aromatic heterocycles. The highest BCUT2D eigenvalue weighted by atomic mass is 32.2. The summed E-state index contributed by atoms with van der Waals surface area (Å²) >= 11 is 0. The molecule has 5 rings (SSSR count). The maximum atomic E-state index is 13.3. The number of aromatic nitrogens is 4. The fourth-order valence-corrected chi connectivity index (χ4v) is 5.23. The Morgan fingerprint density at radius 2 is 1.97 bits per heavy atom. The standard InChI is InChI=1S/C26H28N6O4S/c27-37(34,35)36-16-18-8-9-21(14-18)30-26-23(15-28-17-29-26)25(33)24-11-13-32(31-24)12-10-20-6-3-5-19-4-1-2-7-22(19)20/h1-7,11,13,15,17-18,21H,8-10,12,14,16H2,(H2,27,34,35)(H,28,29,30)/t18-,21+/m1/s1. The zero-order valence-corrected chi connectivity index (χ0v) is 21.0. The van der Waals surface area contributed by atoms with E-state index in [-0.39, 0.29) is 24.3 Å². The van der Waals surface area contributed by atoms with Crippen molar-refractivity contribution >= 4 is 32.7 Å². The van der Waals surface area contributed by atoms with Crippen molar-refractivity contribution in [2.24, 2.45) is 11.1 Å². The van der Waals surface area contributed by atoms with Crippen LogP contribution in [0.5, 0.6) is 0 Å². The van der Waals surface area contributed by atoms with Crippen molar-refractivity contribution in [1.29, 1.82) is 0 Å². The van der Waals surface area contributed by atoms with Crippen LogP contribution in [0.2, 0.25) is 0 Å². The van der Waals surface area contributed by atoms with Crippen molar-refractivity contribution in [2.75, 3.05) is 11.9 Å². The van der Waals surface area contributed by atoms with Gasteiger partial charge in [0.1, 0.15) is 17.8 Å². The van der Waals surface area contributed by atoms with E-state index in [4.69, 9.17) is 9.32 Å². The minimum absolute atomic E-state index is 0.0220. The number of hydrogen-bond donors (Lipinski definition) is 2. The van der Waals surface area contributed by atoms with E-state index in [0.29, 0.717) is 30.0 Å². The number of hydrogen-bond acceptors (Lipinski definition) is 8. The lowest BCUT2D eigenvalue weighted by Gasteiger charge is -2.15. The Kier molecular flexibility index (Phi) is 7.26. The SMILES string of the molecule is NS(=O)(=O)OC[C@@H]1CC[C@H](Nc2ncncc2C(=O)c2ccn(CCc3cccc4ccccc34)n2)C1. The average molecular weight is 521 g/mol. The molecule has 0 unspecified atom stereocenters. The molecule has 0 saturated heterocycles. The van der Waals surface area contributed by atoms with Gasteiger partial charge in [0, 0.05) is 25.0 Å². The molecule has 1 aliphatic carbocycles. The molecular formula is C26H28N6O4S. The fraction of sp³-hybridized carbons (Fsp3) is 0.308. The first-order valence-corrected chi connectivity index (χ1v) is 13.6. The number of fused-ring (bicyclic) bond motifs is 1. The van der Waals surface area contributed by atoms with Crippen molar-refractivity contribution in [2.45, 2.75) is 38.3 Å². The summed E-state index contributed by atoms with van der Waals surface area (Å²) in [6, 6.07) is 16.3. The quantitative estimate of drug-likeness (QED) is 0.304. The topological polar surface area (TPSA) is 142 Å². The minimum Gasteiger partial charge on any atom is -0.367 e. The zero-order valence-electron chi connectivity index (χ0n) is 20.2. The molecule has 2 heterocycles. The smallest absolute Gasteiger partial charge is 0.333 e. The predicted octanol–water partition coefficient (Wildman–Crippen LogP) is 3.10. The molecule has 1 fully saturated rings. The molecule has 37 heavy (non-hydrogen) atoms. The van der Waals surface area contributed by atoms with Gasteiger partial charge in [-0.2, -0.15) is 13.5 Å². The molecule has 0 radical (unpaired) electrons. The number of aryl methyl sites for hydroxylation is 2. The summed E-state index contributed by atoms with van der Waals surface area (Å²) in [6.45, 7) is 0.685. The first-order chi connectivity index (χ1) is 17.9. The number of nitrogens with two attached hydrogens (primary N) is 1. The van der Waals surface area contributed by atoms with E-state index in [1.165, 1.54) is 28.9 Å². The summed E-state index contributed by atoms with van der Waals surface area (Å²) in [7, 11) is -3.96. The van der Waals surface area contributed by atoms with Crippen LogP contribution < -0.4 is 10.5 Å². The maximum Gasteiger partial charge on any atom is 0.333 e. The summed E-state index contributed by atoms with van der Waals surface area (Å²) in [5.74, 6) is 0.219. The van der Waals surface area contributed by atoms with Gasteiger partial charge >= 0.3 is 10.3 Å².